The molecule has 6 heteroatoms. The number of carbonyl (C=O) groups is 1. The number of nitrogens with zero attached hydrogens (tertiary/aromatic N) is 2. The zero-order valence-corrected chi connectivity index (χ0v) is 17.2. The van der Waals surface area contributed by atoms with Crippen molar-refractivity contribution in [3.8, 4) is 11.3 Å². The van der Waals surface area contributed by atoms with Crippen molar-refractivity contribution < 1.29 is 4.79 Å². The zero-order valence-electron chi connectivity index (χ0n) is 16.4. The van der Waals surface area contributed by atoms with Crippen LogP contribution in [-0.4, -0.2) is 22.4 Å². The molecule has 0 aliphatic heterocycles. The minimum Gasteiger partial charge on any atom is -0.397 e. The third-order valence-corrected chi connectivity index (χ3v) is 5.94. The van der Waals surface area contributed by atoms with Crippen LogP contribution in [0, 0.1) is 0 Å². The number of amides is 1. The van der Waals surface area contributed by atoms with Crippen molar-refractivity contribution in [2.45, 2.75) is 51.9 Å². The van der Waals surface area contributed by atoms with Crippen LogP contribution >= 0.6 is 11.3 Å². The van der Waals surface area contributed by atoms with E-state index >= 15 is 0 Å². The van der Waals surface area contributed by atoms with Crippen LogP contribution in [0.1, 0.15) is 61.5 Å². The molecule has 0 saturated heterocycles. The molecule has 0 fully saturated rings. The summed E-state index contributed by atoms with van der Waals surface area (Å²) in [7, 11) is 0. The minimum atomic E-state index is -0.102. The summed E-state index contributed by atoms with van der Waals surface area (Å²) in [6.07, 6.45) is 12.1. The Morgan fingerprint density at radius 2 is 1.89 bits per heavy atom. The predicted octanol–water partition coefficient (Wildman–Crippen LogP) is 5.42. The molecule has 5 nitrogen and oxygen atoms in total. The summed E-state index contributed by atoms with van der Waals surface area (Å²) >= 11 is 1.35. The van der Waals surface area contributed by atoms with E-state index in [2.05, 4.69) is 22.2 Å². The Kier molecular flexibility index (Phi) is 7.37. The van der Waals surface area contributed by atoms with Crippen molar-refractivity contribution in [3.05, 3.63) is 41.5 Å². The van der Waals surface area contributed by atoms with Crippen LogP contribution in [0.5, 0.6) is 0 Å². The highest BCUT2D eigenvalue weighted by Gasteiger charge is 2.17. The Morgan fingerprint density at radius 3 is 2.64 bits per heavy atom. The van der Waals surface area contributed by atoms with E-state index in [0.717, 1.165) is 34.3 Å². The summed E-state index contributed by atoms with van der Waals surface area (Å²) in [6, 6.07) is 7.70. The van der Waals surface area contributed by atoms with Crippen LogP contribution in [0.15, 0.2) is 36.7 Å². The normalized spacial score (nSPS) is 11.0. The van der Waals surface area contributed by atoms with Crippen LogP contribution in [0.25, 0.3) is 21.5 Å². The third-order valence-electron chi connectivity index (χ3n) is 4.82. The number of nitrogen functional groups attached to an aromatic ring is 1. The number of aromatic nitrogens is 2. The maximum Gasteiger partial charge on any atom is 0.263 e. The lowest BCUT2D eigenvalue weighted by Crippen LogP contribution is -2.24. The van der Waals surface area contributed by atoms with Crippen molar-refractivity contribution in [1.29, 1.82) is 0 Å². The highest BCUT2D eigenvalue weighted by atomic mass is 32.1. The van der Waals surface area contributed by atoms with Gasteiger partial charge in [-0.15, -0.1) is 11.3 Å². The van der Waals surface area contributed by atoms with Crippen LogP contribution in [0.2, 0.25) is 0 Å². The van der Waals surface area contributed by atoms with E-state index in [1.807, 2.05) is 24.3 Å². The predicted molar refractivity (Wildman–Crippen MR) is 118 cm³/mol. The van der Waals surface area contributed by atoms with Gasteiger partial charge in [-0.1, -0.05) is 45.4 Å². The minimum absolute atomic E-state index is 0.102. The van der Waals surface area contributed by atoms with Gasteiger partial charge in [-0.2, -0.15) is 0 Å². The summed E-state index contributed by atoms with van der Waals surface area (Å²) < 4.78 is 0. The Balaban J connectivity index is 1.58. The third kappa shape index (κ3) is 5.07. The number of rotatable bonds is 10. The first-order valence-corrected chi connectivity index (χ1v) is 10.9. The Bertz CT molecular complexity index is 908. The quantitative estimate of drug-likeness (QED) is 0.448. The second kappa shape index (κ2) is 10.2. The molecule has 0 bridgehead atoms. The van der Waals surface area contributed by atoms with E-state index in [-0.39, 0.29) is 5.91 Å². The van der Waals surface area contributed by atoms with Crippen molar-refractivity contribution in [2.24, 2.45) is 0 Å². The largest absolute Gasteiger partial charge is 0.397 e. The SMILES string of the molecule is CCCCCCCCCNC(=O)c1sc2nc(-c3cccnc3)ccc2c1N. The van der Waals surface area contributed by atoms with E-state index in [4.69, 9.17) is 5.73 Å². The summed E-state index contributed by atoms with van der Waals surface area (Å²) in [4.78, 5) is 22.7. The smallest absolute Gasteiger partial charge is 0.263 e. The number of hydrogen-bond donors (Lipinski definition) is 2. The molecule has 0 spiro atoms. The maximum absolute atomic E-state index is 12.5. The van der Waals surface area contributed by atoms with Crippen molar-refractivity contribution in [1.82, 2.24) is 15.3 Å². The molecule has 3 N–H and O–H groups in total. The molecule has 0 saturated carbocycles. The fourth-order valence-corrected chi connectivity index (χ4v) is 4.22. The topological polar surface area (TPSA) is 80.9 Å². The number of hydrogen-bond acceptors (Lipinski definition) is 5. The van der Waals surface area contributed by atoms with E-state index in [1.165, 1.54) is 43.4 Å². The summed E-state index contributed by atoms with van der Waals surface area (Å²) in [5, 5.41) is 3.83. The van der Waals surface area contributed by atoms with E-state index in [9.17, 15) is 4.79 Å². The molecular formula is C22H28N4OS. The Labute approximate surface area is 170 Å². The molecule has 0 aromatic carbocycles. The van der Waals surface area contributed by atoms with Gasteiger partial charge >= 0.3 is 0 Å². The highest BCUT2D eigenvalue weighted by molar-refractivity contribution is 7.21. The fourth-order valence-electron chi connectivity index (χ4n) is 3.21. The molecule has 3 heterocycles. The summed E-state index contributed by atoms with van der Waals surface area (Å²) in [5.41, 5.74) is 8.52. The van der Waals surface area contributed by atoms with Gasteiger partial charge in [0.15, 0.2) is 0 Å². The summed E-state index contributed by atoms with van der Waals surface area (Å²) in [5.74, 6) is -0.102. The number of pyridine rings is 2. The number of thiophene rings is 1. The summed E-state index contributed by atoms with van der Waals surface area (Å²) in [6.45, 7) is 2.92. The number of nitrogens with two attached hydrogens (primary N) is 1. The first-order valence-electron chi connectivity index (χ1n) is 10.1. The standard InChI is InChI=1S/C22H28N4OS/c1-2-3-4-5-6-7-8-14-25-21(27)20-19(23)17-11-12-18(26-22(17)28-20)16-10-9-13-24-15-16/h9-13,15H,2-8,14,23H2,1H3,(H,25,27). The van der Waals surface area contributed by atoms with E-state index in [1.54, 1.807) is 12.4 Å². The Hall–Kier alpha value is -2.47. The molecule has 0 radical (unpaired) electrons. The van der Waals surface area contributed by atoms with Crippen LogP contribution in [0.3, 0.4) is 0 Å². The first-order chi connectivity index (χ1) is 13.7. The van der Waals surface area contributed by atoms with Gasteiger partial charge in [0.1, 0.15) is 9.71 Å². The number of carbonyl (C=O) groups excluding carboxylic acids is 1. The van der Waals surface area contributed by atoms with E-state index < -0.39 is 0 Å². The molecule has 3 aromatic rings. The van der Waals surface area contributed by atoms with Gasteiger partial charge < -0.3 is 11.1 Å². The highest BCUT2D eigenvalue weighted by Crippen LogP contribution is 2.34. The fraction of sp³-hybridized carbons (Fsp3) is 0.409. The van der Waals surface area contributed by atoms with Gasteiger partial charge in [-0.05, 0) is 30.7 Å². The average molecular weight is 397 g/mol. The van der Waals surface area contributed by atoms with Gasteiger partial charge in [-0.25, -0.2) is 4.98 Å². The molecule has 1 amide bonds. The molecule has 0 aliphatic rings. The number of fused-ring (bicyclic) bond motifs is 1. The molecule has 28 heavy (non-hydrogen) atoms. The average Bonchev–Trinajstić information content (AvgIpc) is 3.06. The van der Waals surface area contributed by atoms with E-state index in [0.29, 0.717) is 17.1 Å². The lowest BCUT2D eigenvalue weighted by molar-refractivity contribution is 0.0958. The lowest BCUT2D eigenvalue weighted by atomic mass is 10.1. The molecule has 0 unspecified atom stereocenters. The zero-order chi connectivity index (χ0) is 19.8. The molecule has 3 aromatic heterocycles. The van der Waals surface area contributed by atoms with Crippen LogP contribution < -0.4 is 11.1 Å². The van der Waals surface area contributed by atoms with Gasteiger partial charge in [0, 0.05) is 29.9 Å². The van der Waals surface area contributed by atoms with Crippen molar-refractivity contribution >= 4 is 33.1 Å². The number of unbranched alkanes of at least 4 members (excludes halogenated alkanes) is 6. The first kappa shape index (κ1) is 20.3. The molecule has 0 aliphatic carbocycles. The van der Waals surface area contributed by atoms with Crippen LogP contribution in [0.4, 0.5) is 5.69 Å². The van der Waals surface area contributed by atoms with Crippen molar-refractivity contribution in [3.63, 3.8) is 0 Å². The number of nitrogens with one attached hydrogen (secondary N) is 1. The molecule has 0 atom stereocenters. The molecule has 3 rings (SSSR count). The van der Waals surface area contributed by atoms with Crippen molar-refractivity contribution in [2.75, 3.05) is 12.3 Å². The monoisotopic (exact) mass is 396 g/mol. The molecular weight excluding hydrogens is 368 g/mol. The van der Waals surface area contributed by atoms with Gasteiger partial charge in [-0.3, -0.25) is 9.78 Å². The van der Waals surface area contributed by atoms with Crippen LogP contribution in [-0.2, 0) is 0 Å². The maximum atomic E-state index is 12.5. The van der Waals surface area contributed by atoms with Gasteiger partial charge in [0.05, 0.1) is 11.4 Å². The second-order valence-electron chi connectivity index (χ2n) is 7.01. The van der Waals surface area contributed by atoms with Gasteiger partial charge in [0.2, 0.25) is 0 Å². The Morgan fingerprint density at radius 1 is 1.11 bits per heavy atom. The molecule has 148 valence electrons. The second-order valence-corrected chi connectivity index (χ2v) is 8.01. The number of anilines is 1. The lowest BCUT2D eigenvalue weighted by Gasteiger charge is -2.04. The van der Waals surface area contributed by atoms with Gasteiger partial charge in [0.25, 0.3) is 5.91 Å².